The Bertz CT molecular complexity index is 404. The summed E-state index contributed by atoms with van der Waals surface area (Å²) in [5.41, 5.74) is 4.94. The standard InChI is InChI=1S/C13H19NO4/c1-13(16,9-14)7-12(15)18-8-10-4-3-5-11(6-10)17-2/h3-6,16H,7-9,14H2,1-2H3. The number of rotatable bonds is 6. The molecule has 0 saturated heterocycles. The fourth-order valence-electron chi connectivity index (χ4n) is 1.36. The van der Waals surface area contributed by atoms with Gasteiger partial charge in [-0.05, 0) is 24.6 Å². The second-order valence-corrected chi connectivity index (χ2v) is 4.39. The Hall–Kier alpha value is -1.59. The van der Waals surface area contributed by atoms with Crippen LogP contribution in [0.3, 0.4) is 0 Å². The minimum atomic E-state index is -1.22. The van der Waals surface area contributed by atoms with Gasteiger partial charge in [0.2, 0.25) is 0 Å². The summed E-state index contributed by atoms with van der Waals surface area (Å²) < 4.78 is 10.1. The van der Waals surface area contributed by atoms with Gasteiger partial charge in [0.15, 0.2) is 0 Å². The van der Waals surface area contributed by atoms with Gasteiger partial charge in [-0.1, -0.05) is 12.1 Å². The van der Waals surface area contributed by atoms with E-state index in [-0.39, 0.29) is 19.6 Å². The van der Waals surface area contributed by atoms with Crippen molar-refractivity contribution in [2.45, 2.75) is 25.6 Å². The Morgan fingerprint density at radius 1 is 1.50 bits per heavy atom. The van der Waals surface area contributed by atoms with Gasteiger partial charge in [-0.2, -0.15) is 0 Å². The number of carbonyl (C=O) groups is 1. The van der Waals surface area contributed by atoms with E-state index in [2.05, 4.69) is 0 Å². The molecular weight excluding hydrogens is 234 g/mol. The van der Waals surface area contributed by atoms with Crippen LogP contribution < -0.4 is 10.5 Å². The van der Waals surface area contributed by atoms with E-state index in [0.29, 0.717) is 5.75 Å². The van der Waals surface area contributed by atoms with E-state index < -0.39 is 11.6 Å². The van der Waals surface area contributed by atoms with Crippen LogP contribution in [0.2, 0.25) is 0 Å². The number of esters is 1. The van der Waals surface area contributed by atoms with E-state index in [1.165, 1.54) is 6.92 Å². The van der Waals surface area contributed by atoms with E-state index in [1.54, 1.807) is 13.2 Å². The molecule has 3 N–H and O–H groups in total. The van der Waals surface area contributed by atoms with Crippen LogP contribution in [0.5, 0.6) is 5.75 Å². The summed E-state index contributed by atoms with van der Waals surface area (Å²) in [4.78, 5) is 11.5. The summed E-state index contributed by atoms with van der Waals surface area (Å²) in [5.74, 6) is 0.228. The third-order valence-corrected chi connectivity index (χ3v) is 2.50. The average molecular weight is 253 g/mol. The number of hydrogen-bond donors (Lipinski definition) is 2. The first-order valence-electron chi connectivity index (χ1n) is 5.68. The van der Waals surface area contributed by atoms with Crippen LogP contribution in [0.15, 0.2) is 24.3 Å². The number of ether oxygens (including phenoxy) is 2. The van der Waals surface area contributed by atoms with Crippen LogP contribution in [0.25, 0.3) is 0 Å². The zero-order valence-electron chi connectivity index (χ0n) is 10.7. The van der Waals surface area contributed by atoms with Crippen molar-refractivity contribution < 1.29 is 19.4 Å². The summed E-state index contributed by atoms with van der Waals surface area (Å²) in [7, 11) is 1.57. The zero-order chi connectivity index (χ0) is 13.6. The van der Waals surface area contributed by atoms with E-state index in [1.807, 2.05) is 18.2 Å². The molecule has 1 atom stereocenters. The highest BCUT2D eigenvalue weighted by Crippen LogP contribution is 2.14. The number of nitrogens with two attached hydrogens (primary N) is 1. The van der Waals surface area contributed by atoms with Crippen molar-refractivity contribution >= 4 is 5.97 Å². The molecule has 0 spiro atoms. The molecule has 0 amide bonds. The van der Waals surface area contributed by atoms with Gasteiger partial charge in [0.05, 0.1) is 19.1 Å². The zero-order valence-corrected chi connectivity index (χ0v) is 10.7. The predicted octanol–water partition coefficient (Wildman–Crippen LogP) is 0.838. The van der Waals surface area contributed by atoms with Gasteiger partial charge in [0.1, 0.15) is 12.4 Å². The molecule has 0 aliphatic carbocycles. The van der Waals surface area contributed by atoms with Gasteiger partial charge >= 0.3 is 5.97 Å². The first-order chi connectivity index (χ1) is 8.46. The highest BCUT2D eigenvalue weighted by Gasteiger charge is 2.23. The van der Waals surface area contributed by atoms with E-state index >= 15 is 0 Å². The van der Waals surface area contributed by atoms with Gasteiger partial charge in [-0.25, -0.2) is 0 Å². The topological polar surface area (TPSA) is 81.8 Å². The SMILES string of the molecule is COc1cccc(COC(=O)CC(C)(O)CN)c1. The second kappa shape index (κ2) is 6.37. The second-order valence-electron chi connectivity index (χ2n) is 4.39. The van der Waals surface area contributed by atoms with Crippen molar-refractivity contribution in [2.24, 2.45) is 5.73 Å². The lowest BCUT2D eigenvalue weighted by Gasteiger charge is -2.19. The lowest BCUT2D eigenvalue weighted by molar-refractivity contribution is -0.149. The number of carbonyl (C=O) groups excluding carboxylic acids is 1. The summed E-state index contributed by atoms with van der Waals surface area (Å²) >= 11 is 0. The first kappa shape index (κ1) is 14.5. The Labute approximate surface area is 107 Å². The molecule has 0 bridgehead atoms. The van der Waals surface area contributed by atoms with Crippen molar-refractivity contribution in [3.05, 3.63) is 29.8 Å². The fraction of sp³-hybridized carbons (Fsp3) is 0.462. The van der Waals surface area contributed by atoms with Crippen LogP contribution >= 0.6 is 0 Å². The van der Waals surface area contributed by atoms with Gasteiger partial charge in [-0.3, -0.25) is 4.79 Å². The van der Waals surface area contributed by atoms with Crippen molar-refractivity contribution in [2.75, 3.05) is 13.7 Å². The third-order valence-electron chi connectivity index (χ3n) is 2.50. The predicted molar refractivity (Wildman–Crippen MR) is 67.1 cm³/mol. The minimum Gasteiger partial charge on any atom is -0.497 e. The number of methoxy groups -OCH3 is 1. The van der Waals surface area contributed by atoms with Crippen LogP contribution in [0.1, 0.15) is 18.9 Å². The van der Waals surface area contributed by atoms with Gasteiger partial charge in [-0.15, -0.1) is 0 Å². The molecule has 5 heteroatoms. The van der Waals surface area contributed by atoms with Gasteiger partial charge in [0, 0.05) is 6.54 Å². The largest absolute Gasteiger partial charge is 0.497 e. The van der Waals surface area contributed by atoms with E-state index in [9.17, 15) is 9.90 Å². The maximum atomic E-state index is 11.5. The van der Waals surface area contributed by atoms with Crippen LogP contribution in [-0.4, -0.2) is 30.3 Å². The molecule has 1 rings (SSSR count). The van der Waals surface area contributed by atoms with E-state index in [4.69, 9.17) is 15.2 Å². The molecule has 0 radical (unpaired) electrons. The molecule has 1 unspecified atom stereocenters. The Balaban J connectivity index is 2.47. The highest BCUT2D eigenvalue weighted by molar-refractivity contribution is 5.70. The molecule has 18 heavy (non-hydrogen) atoms. The first-order valence-corrected chi connectivity index (χ1v) is 5.68. The maximum absolute atomic E-state index is 11.5. The van der Waals surface area contributed by atoms with Gasteiger partial charge < -0.3 is 20.3 Å². The Morgan fingerprint density at radius 2 is 2.22 bits per heavy atom. The third kappa shape index (κ3) is 4.73. The minimum absolute atomic E-state index is 0.0151. The van der Waals surface area contributed by atoms with Gasteiger partial charge in [0.25, 0.3) is 0 Å². The number of benzene rings is 1. The smallest absolute Gasteiger partial charge is 0.309 e. The monoisotopic (exact) mass is 253 g/mol. The summed E-state index contributed by atoms with van der Waals surface area (Å²) in [5, 5.41) is 9.63. The van der Waals surface area contributed by atoms with Crippen molar-refractivity contribution in [1.29, 1.82) is 0 Å². The number of aliphatic hydroxyl groups is 1. The summed E-state index contributed by atoms with van der Waals surface area (Å²) in [6, 6.07) is 7.24. The quantitative estimate of drug-likeness (QED) is 0.734. The fourth-order valence-corrected chi connectivity index (χ4v) is 1.36. The maximum Gasteiger partial charge on any atom is 0.309 e. The Morgan fingerprint density at radius 3 is 2.83 bits per heavy atom. The molecule has 0 fully saturated rings. The average Bonchev–Trinajstić information content (AvgIpc) is 2.36. The molecular formula is C13H19NO4. The lowest BCUT2D eigenvalue weighted by Crippen LogP contribution is -2.36. The molecule has 5 nitrogen and oxygen atoms in total. The lowest BCUT2D eigenvalue weighted by atomic mass is 10.0. The molecule has 0 heterocycles. The molecule has 0 aromatic heterocycles. The van der Waals surface area contributed by atoms with Crippen molar-refractivity contribution in [3.8, 4) is 5.75 Å². The molecule has 100 valence electrons. The normalized spacial score (nSPS) is 13.8. The summed E-state index contributed by atoms with van der Waals surface area (Å²) in [6.45, 7) is 1.66. The molecule has 1 aromatic carbocycles. The Kier molecular flexibility index (Phi) is 5.12. The van der Waals surface area contributed by atoms with Crippen LogP contribution in [-0.2, 0) is 16.1 Å². The molecule has 0 aliphatic rings. The van der Waals surface area contributed by atoms with Crippen molar-refractivity contribution in [3.63, 3.8) is 0 Å². The van der Waals surface area contributed by atoms with Crippen LogP contribution in [0, 0.1) is 0 Å². The van der Waals surface area contributed by atoms with E-state index in [0.717, 1.165) is 5.56 Å². The van der Waals surface area contributed by atoms with Crippen LogP contribution in [0.4, 0.5) is 0 Å². The molecule has 1 aromatic rings. The molecule has 0 aliphatic heterocycles. The molecule has 0 saturated carbocycles. The highest BCUT2D eigenvalue weighted by atomic mass is 16.5. The van der Waals surface area contributed by atoms with Crippen molar-refractivity contribution in [1.82, 2.24) is 0 Å². The number of hydrogen-bond acceptors (Lipinski definition) is 5. The summed E-state index contributed by atoms with van der Waals surface area (Å²) in [6.07, 6.45) is -0.118.